The van der Waals surface area contributed by atoms with Gasteiger partial charge in [-0.3, -0.25) is 14.4 Å². The number of benzene rings is 1. The predicted molar refractivity (Wildman–Crippen MR) is 129 cm³/mol. The van der Waals surface area contributed by atoms with Crippen molar-refractivity contribution in [3.05, 3.63) is 48.6 Å². The second-order valence-corrected chi connectivity index (χ2v) is 9.98. The number of amides is 2. The molecule has 3 fully saturated rings. The van der Waals surface area contributed by atoms with Crippen LogP contribution in [0.5, 0.6) is 0 Å². The van der Waals surface area contributed by atoms with Gasteiger partial charge in [0.25, 0.3) is 0 Å². The van der Waals surface area contributed by atoms with Crippen molar-refractivity contribution in [3.63, 3.8) is 0 Å². The zero-order chi connectivity index (χ0) is 25.2. The number of hydrogen-bond donors (Lipinski definition) is 2. The number of carbonyl (C=O) groups excluding carboxylic acids is 2. The minimum atomic E-state index is -1.14. The number of carbonyl (C=O) groups is 3. The van der Waals surface area contributed by atoms with E-state index in [1.807, 2.05) is 37.3 Å². The summed E-state index contributed by atoms with van der Waals surface area (Å²) < 4.78 is 6.58. The third-order valence-electron chi connectivity index (χ3n) is 8.12. The summed E-state index contributed by atoms with van der Waals surface area (Å²) in [4.78, 5) is 43.7. The number of nitrogens with zero attached hydrogens (tertiary/aromatic N) is 2. The van der Waals surface area contributed by atoms with Gasteiger partial charge in [-0.1, -0.05) is 43.3 Å². The van der Waals surface area contributed by atoms with Crippen LogP contribution in [0, 0.1) is 11.8 Å². The predicted octanol–water partition coefficient (Wildman–Crippen LogP) is 2.60. The lowest BCUT2D eigenvalue weighted by Gasteiger charge is -2.37. The summed E-state index contributed by atoms with van der Waals surface area (Å²) in [6, 6.07) is 8.75. The van der Waals surface area contributed by atoms with Gasteiger partial charge < -0.3 is 24.7 Å². The third-order valence-corrected chi connectivity index (χ3v) is 8.12. The molecule has 3 saturated heterocycles. The molecule has 1 aromatic rings. The Morgan fingerprint density at radius 1 is 1.23 bits per heavy atom. The van der Waals surface area contributed by atoms with Crippen LogP contribution in [0.4, 0.5) is 0 Å². The van der Waals surface area contributed by atoms with E-state index < -0.39 is 35.0 Å². The molecule has 4 rings (SSSR count). The van der Waals surface area contributed by atoms with E-state index in [1.165, 1.54) is 0 Å². The van der Waals surface area contributed by atoms with Gasteiger partial charge in [-0.25, -0.2) is 0 Å². The van der Waals surface area contributed by atoms with Crippen LogP contribution < -0.4 is 0 Å². The van der Waals surface area contributed by atoms with Crippen molar-refractivity contribution in [2.75, 3.05) is 19.7 Å². The molecule has 190 valence electrons. The number of hydrogen-bond acceptors (Lipinski definition) is 5. The van der Waals surface area contributed by atoms with E-state index in [0.29, 0.717) is 58.2 Å². The first kappa shape index (κ1) is 25.4. The maximum atomic E-state index is 14.2. The number of carboxylic acids is 1. The topological polar surface area (TPSA) is 107 Å². The molecule has 2 unspecified atom stereocenters. The van der Waals surface area contributed by atoms with E-state index in [4.69, 9.17) is 9.84 Å². The molecule has 0 saturated carbocycles. The summed E-state index contributed by atoms with van der Waals surface area (Å²) in [5.74, 6) is -3.40. The molecule has 0 aliphatic carbocycles. The summed E-state index contributed by atoms with van der Waals surface area (Å²) in [6.45, 7) is 6.77. The Kier molecular flexibility index (Phi) is 7.33. The molecule has 35 heavy (non-hydrogen) atoms. The molecule has 2 amide bonds. The summed E-state index contributed by atoms with van der Waals surface area (Å²) in [7, 11) is 0. The smallest absolute Gasteiger partial charge is 0.310 e. The van der Waals surface area contributed by atoms with Gasteiger partial charge in [-0.2, -0.15) is 0 Å². The first-order valence-corrected chi connectivity index (χ1v) is 12.6. The number of fused-ring (bicyclic) bond motifs is 1. The highest BCUT2D eigenvalue weighted by molar-refractivity contribution is 5.98. The molecule has 5 atom stereocenters. The maximum Gasteiger partial charge on any atom is 0.310 e. The average molecular weight is 485 g/mol. The van der Waals surface area contributed by atoms with E-state index in [9.17, 15) is 19.5 Å². The number of aliphatic hydroxyl groups is 1. The van der Waals surface area contributed by atoms with Gasteiger partial charge in [0.05, 0.1) is 11.5 Å². The minimum absolute atomic E-state index is 0.0657. The monoisotopic (exact) mass is 484 g/mol. The molecule has 8 nitrogen and oxygen atoms in total. The van der Waals surface area contributed by atoms with Gasteiger partial charge in [0, 0.05) is 26.2 Å². The molecule has 1 aromatic carbocycles. The number of unbranched alkanes of at least 4 members (excludes halogenated alkanes) is 2. The Morgan fingerprint density at radius 2 is 1.97 bits per heavy atom. The van der Waals surface area contributed by atoms with Crippen LogP contribution in [0.1, 0.15) is 51.0 Å². The Labute approximate surface area is 206 Å². The number of aliphatic carboxylic acids is 1. The maximum absolute atomic E-state index is 14.2. The molecule has 0 aromatic heterocycles. The normalized spacial score (nSPS) is 31.0. The van der Waals surface area contributed by atoms with E-state index in [2.05, 4.69) is 6.58 Å². The van der Waals surface area contributed by atoms with Crippen molar-refractivity contribution in [1.82, 2.24) is 9.80 Å². The van der Waals surface area contributed by atoms with Crippen LogP contribution in [0.15, 0.2) is 43.0 Å². The highest BCUT2D eigenvalue weighted by Gasteiger charge is 2.78. The van der Waals surface area contributed by atoms with Crippen molar-refractivity contribution in [3.8, 4) is 0 Å². The fourth-order valence-corrected chi connectivity index (χ4v) is 6.55. The van der Waals surface area contributed by atoms with Crippen molar-refractivity contribution in [2.45, 2.75) is 69.2 Å². The Morgan fingerprint density at radius 3 is 2.60 bits per heavy atom. The molecule has 3 aliphatic heterocycles. The van der Waals surface area contributed by atoms with Gasteiger partial charge in [0.1, 0.15) is 17.6 Å². The molecule has 3 aliphatic rings. The second-order valence-electron chi connectivity index (χ2n) is 9.98. The van der Waals surface area contributed by atoms with Crippen LogP contribution in [0.2, 0.25) is 0 Å². The zero-order valence-electron chi connectivity index (χ0n) is 20.4. The molecule has 2 bridgehead atoms. The first-order chi connectivity index (χ1) is 16.8. The lowest BCUT2D eigenvalue weighted by atomic mass is 9.65. The van der Waals surface area contributed by atoms with Crippen LogP contribution >= 0.6 is 0 Å². The molecular formula is C27H36N2O6. The van der Waals surface area contributed by atoms with Crippen molar-refractivity contribution in [1.29, 1.82) is 0 Å². The van der Waals surface area contributed by atoms with E-state index in [-0.39, 0.29) is 18.4 Å². The number of rotatable bonds is 12. The Balaban J connectivity index is 1.72. The molecule has 3 heterocycles. The first-order valence-electron chi connectivity index (χ1n) is 12.6. The van der Waals surface area contributed by atoms with Crippen molar-refractivity contribution >= 4 is 17.8 Å². The quantitative estimate of drug-likeness (QED) is 0.349. The standard InChI is InChI=1S/C27H36N2O6/c1-3-15-28(18-19-11-7-5-8-12-19)24(32)22-27-14-13-26(4-2,35-27)21(25(33)34)20(27)23(31)29(22)16-9-6-10-17-30/h3,5,7-8,11-12,20-22,30H,1,4,6,9-10,13-18H2,2H3,(H,33,34)/t20-,21-,22?,26+,27?/m0/s1. The van der Waals surface area contributed by atoms with E-state index >= 15 is 0 Å². The van der Waals surface area contributed by atoms with Crippen molar-refractivity contribution < 1.29 is 29.3 Å². The summed E-state index contributed by atoms with van der Waals surface area (Å²) in [5, 5.41) is 19.3. The number of ether oxygens (including phenoxy) is 1. The lowest BCUT2D eigenvalue weighted by molar-refractivity contribution is -0.158. The molecule has 8 heteroatoms. The SMILES string of the molecule is C=CCN(Cc1ccccc1)C(=O)C1N(CCCCCO)C(=O)[C@@H]2[C@@H](C(=O)O)[C@@]3(CC)CCC12O3. The highest BCUT2D eigenvalue weighted by Crippen LogP contribution is 2.64. The van der Waals surface area contributed by atoms with Crippen LogP contribution in [0.3, 0.4) is 0 Å². The average Bonchev–Trinajstić information content (AvgIpc) is 3.45. The van der Waals surface area contributed by atoms with E-state index in [1.54, 1.807) is 15.9 Å². The fraction of sp³-hybridized carbons (Fsp3) is 0.593. The van der Waals surface area contributed by atoms with Crippen LogP contribution in [-0.4, -0.2) is 74.7 Å². The van der Waals surface area contributed by atoms with Gasteiger partial charge in [0.15, 0.2) is 0 Å². The molecule has 2 N–H and O–H groups in total. The zero-order valence-corrected chi connectivity index (χ0v) is 20.4. The molecular weight excluding hydrogens is 448 g/mol. The minimum Gasteiger partial charge on any atom is -0.481 e. The van der Waals surface area contributed by atoms with E-state index in [0.717, 1.165) is 5.56 Å². The second kappa shape index (κ2) is 10.1. The van der Waals surface area contributed by atoms with Gasteiger partial charge in [0.2, 0.25) is 11.8 Å². The van der Waals surface area contributed by atoms with Crippen LogP contribution in [0.25, 0.3) is 0 Å². The summed E-state index contributed by atoms with van der Waals surface area (Å²) in [5.41, 5.74) is -1.10. The highest BCUT2D eigenvalue weighted by atomic mass is 16.5. The number of aliphatic hydroxyl groups excluding tert-OH is 1. The molecule has 1 spiro atoms. The lowest BCUT2D eigenvalue weighted by Crippen LogP contribution is -2.56. The Bertz CT molecular complexity index is 968. The Hall–Kier alpha value is -2.71. The fourth-order valence-electron chi connectivity index (χ4n) is 6.55. The van der Waals surface area contributed by atoms with Crippen LogP contribution in [-0.2, 0) is 25.7 Å². The summed E-state index contributed by atoms with van der Waals surface area (Å²) in [6.07, 6.45) is 5.09. The number of likely N-dealkylation sites (tertiary alicyclic amines) is 1. The number of carboxylic acid groups (broad SMARTS) is 1. The summed E-state index contributed by atoms with van der Waals surface area (Å²) >= 11 is 0. The largest absolute Gasteiger partial charge is 0.481 e. The van der Waals surface area contributed by atoms with Gasteiger partial charge in [-0.15, -0.1) is 6.58 Å². The third kappa shape index (κ3) is 4.16. The van der Waals surface area contributed by atoms with Gasteiger partial charge >= 0.3 is 5.97 Å². The van der Waals surface area contributed by atoms with Crippen molar-refractivity contribution in [2.24, 2.45) is 11.8 Å². The molecule has 0 radical (unpaired) electrons. The van der Waals surface area contributed by atoms with Gasteiger partial charge in [-0.05, 0) is 44.1 Å².